The second-order valence-electron chi connectivity index (χ2n) is 4.94. The third kappa shape index (κ3) is 2.47. The van der Waals surface area contributed by atoms with Crippen LogP contribution in [0, 0.1) is 12.8 Å². The van der Waals surface area contributed by atoms with E-state index in [1.807, 2.05) is 13.8 Å². The van der Waals surface area contributed by atoms with Crippen molar-refractivity contribution in [2.45, 2.75) is 32.2 Å². The molecule has 2 heterocycles. The quantitative estimate of drug-likeness (QED) is 0.874. The number of nitrogens with one attached hydrogen (secondary N) is 1. The Labute approximate surface area is 115 Å². The maximum Gasteiger partial charge on any atom is 0.327 e. The van der Waals surface area contributed by atoms with Crippen molar-refractivity contribution in [3.05, 3.63) is 17.5 Å². The van der Waals surface area contributed by atoms with Crippen LogP contribution in [0.15, 0.2) is 6.20 Å². The summed E-state index contributed by atoms with van der Waals surface area (Å²) in [4.78, 5) is 25.3. The summed E-state index contributed by atoms with van der Waals surface area (Å²) in [6, 6.07) is -0.765. The van der Waals surface area contributed by atoms with Crippen LogP contribution in [-0.4, -0.2) is 49.2 Å². The van der Waals surface area contributed by atoms with E-state index in [1.165, 1.54) is 22.9 Å². The maximum atomic E-state index is 12.5. The molecule has 104 valence electrons. The van der Waals surface area contributed by atoms with Gasteiger partial charge in [0.1, 0.15) is 6.04 Å². The van der Waals surface area contributed by atoms with Crippen LogP contribution in [0.25, 0.3) is 0 Å². The molecule has 2 atom stereocenters. The summed E-state index contributed by atoms with van der Waals surface area (Å²) in [5.41, 5.74) is 1.10. The Balaban J connectivity index is 2.34. The van der Waals surface area contributed by atoms with Crippen molar-refractivity contribution < 1.29 is 14.7 Å². The van der Waals surface area contributed by atoms with Gasteiger partial charge in [0.15, 0.2) is 0 Å². The molecule has 2 unspecified atom stereocenters. The molecule has 1 aromatic rings. The largest absolute Gasteiger partial charge is 0.480 e. The number of hydrogen-bond donors (Lipinski definition) is 2. The van der Waals surface area contributed by atoms with Crippen molar-refractivity contribution in [1.29, 1.82) is 0 Å². The van der Waals surface area contributed by atoms with Gasteiger partial charge in [0.2, 0.25) is 0 Å². The third-order valence-corrected chi connectivity index (χ3v) is 4.81. The molecule has 0 saturated carbocycles. The molecule has 2 rings (SSSR count). The van der Waals surface area contributed by atoms with Crippen LogP contribution in [0.4, 0.5) is 0 Å². The first kappa shape index (κ1) is 13.9. The second-order valence-corrected chi connectivity index (χ2v) is 6.09. The normalized spacial score (nSPS) is 23.1. The number of thioether (sulfide) groups is 1. The van der Waals surface area contributed by atoms with Crippen LogP contribution in [0.2, 0.25) is 0 Å². The molecule has 7 heteroatoms. The van der Waals surface area contributed by atoms with E-state index in [0.717, 1.165) is 0 Å². The first-order valence-electron chi connectivity index (χ1n) is 6.10. The van der Waals surface area contributed by atoms with Gasteiger partial charge < -0.3 is 10.0 Å². The predicted octanol–water partition coefficient (Wildman–Crippen LogP) is 1.34. The lowest BCUT2D eigenvalue weighted by Crippen LogP contribution is -2.47. The molecule has 2 N–H and O–H groups in total. The van der Waals surface area contributed by atoms with E-state index in [2.05, 4.69) is 10.2 Å². The van der Waals surface area contributed by atoms with Gasteiger partial charge in [-0.3, -0.25) is 9.89 Å². The summed E-state index contributed by atoms with van der Waals surface area (Å²) in [5, 5.41) is 15.7. The molecule has 0 aromatic carbocycles. The van der Waals surface area contributed by atoms with Crippen molar-refractivity contribution in [3.8, 4) is 0 Å². The number of nitrogens with zero attached hydrogens (tertiary/aromatic N) is 2. The Morgan fingerprint density at radius 3 is 2.74 bits per heavy atom. The minimum absolute atomic E-state index is 0.108. The summed E-state index contributed by atoms with van der Waals surface area (Å²) in [6.45, 7) is 5.73. The summed E-state index contributed by atoms with van der Waals surface area (Å²) in [7, 11) is 0. The molecule has 6 nitrogen and oxygen atoms in total. The average molecular weight is 283 g/mol. The Bertz CT molecular complexity index is 500. The standard InChI is InChI=1S/C12H17N3O3S/c1-6(2)11-15(9(5-19-11)12(17)18)10(16)8-4-13-14-7(8)3/h4,6,9,11H,5H2,1-3H3,(H,13,14)(H,17,18). The van der Waals surface area contributed by atoms with E-state index >= 15 is 0 Å². The van der Waals surface area contributed by atoms with Crippen molar-refractivity contribution >= 4 is 23.6 Å². The molecule has 1 aliphatic heterocycles. The number of aryl methyl sites for hydroxylation is 1. The Hall–Kier alpha value is -1.50. The Morgan fingerprint density at radius 1 is 1.58 bits per heavy atom. The van der Waals surface area contributed by atoms with Crippen molar-refractivity contribution in [1.82, 2.24) is 15.1 Å². The highest BCUT2D eigenvalue weighted by molar-refractivity contribution is 8.00. The zero-order valence-corrected chi connectivity index (χ0v) is 11.9. The minimum atomic E-state index is -0.954. The average Bonchev–Trinajstić information content (AvgIpc) is 2.93. The number of carboxylic acids is 1. The van der Waals surface area contributed by atoms with Gasteiger partial charge in [-0.15, -0.1) is 11.8 Å². The monoisotopic (exact) mass is 283 g/mol. The highest BCUT2D eigenvalue weighted by atomic mass is 32.2. The molecule has 0 bridgehead atoms. The van der Waals surface area contributed by atoms with Crippen LogP contribution in [0.1, 0.15) is 29.9 Å². The van der Waals surface area contributed by atoms with Gasteiger partial charge in [-0.05, 0) is 12.8 Å². The van der Waals surface area contributed by atoms with E-state index < -0.39 is 12.0 Å². The topological polar surface area (TPSA) is 86.3 Å². The molecule has 1 aliphatic rings. The van der Waals surface area contributed by atoms with Crippen molar-refractivity contribution in [2.24, 2.45) is 5.92 Å². The summed E-state index contributed by atoms with van der Waals surface area (Å²) < 4.78 is 0. The molecule has 1 aromatic heterocycles. The molecule has 1 fully saturated rings. The SMILES string of the molecule is Cc1[nH]ncc1C(=O)N1C(C(=O)O)CSC1C(C)C. The van der Waals surface area contributed by atoms with Crippen LogP contribution in [0.5, 0.6) is 0 Å². The number of carboxylic acid groups (broad SMARTS) is 1. The number of aliphatic carboxylic acids is 1. The number of carbonyl (C=O) groups is 2. The molecule has 19 heavy (non-hydrogen) atoms. The molecule has 0 aliphatic carbocycles. The zero-order valence-electron chi connectivity index (χ0n) is 11.1. The predicted molar refractivity (Wildman–Crippen MR) is 72.0 cm³/mol. The number of carbonyl (C=O) groups excluding carboxylic acids is 1. The fourth-order valence-corrected chi connectivity index (χ4v) is 3.66. The Kier molecular flexibility index (Phi) is 3.84. The maximum absolute atomic E-state index is 12.5. The molecule has 1 amide bonds. The van der Waals surface area contributed by atoms with Crippen LogP contribution < -0.4 is 0 Å². The smallest absolute Gasteiger partial charge is 0.327 e. The lowest BCUT2D eigenvalue weighted by atomic mass is 10.1. The zero-order chi connectivity index (χ0) is 14.2. The van der Waals surface area contributed by atoms with E-state index in [-0.39, 0.29) is 17.2 Å². The number of H-pyrrole nitrogens is 1. The van der Waals surface area contributed by atoms with E-state index in [0.29, 0.717) is 17.0 Å². The van der Waals surface area contributed by atoms with Gasteiger partial charge >= 0.3 is 5.97 Å². The lowest BCUT2D eigenvalue weighted by Gasteiger charge is -2.29. The number of hydrogen-bond acceptors (Lipinski definition) is 4. The summed E-state index contributed by atoms with van der Waals surface area (Å²) in [6.07, 6.45) is 1.46. The molecule has 0 spiro atoms. The van der Waals surface area contributed by atoms with Crippen LogP contribution in [-0.2, 0) is 4.79 Å². The number of amides is 1. The van der Waals surface area contributed by atoms with Gasteiger partial charge in [0.05, 0.1) is 17.1 Å². The first-order valence-corrected chi connectivity index (χ1v) is 7.15. The van der Waals surface area contributed by atoms with Gasteiger partial charge in [0.25, 0.3) is 5.91 Å². The van der Waals surface area contributed by atoms with Gasteiger partial charge in [-0.1, -0.05) is 13.8 Å². The molecular formula is C12H17N3O3S. The van der Waals surface area contributed by atoms with Gasteiger partial charge in [-0.25, -0.2) is 4.79 Å². The number of aromatic nitrogens is 2. The minimum Gasteiger partial charge on any atom is -0.480 e. The van der Waals surface area contributed by atoms with E-state index in [9.17, 15) is 14.7 Å². The fraction of sp³-hybridized carbons (Fsp3) is 0.583. The van der Waals surface area contributed by atoms with E-state index in [4.69, 9.17) is 0 Å². The van der Waals surface area contributed by atoms with Crippen LogP contribution in [0.3, 0.4) is 0 Å². The molecular weight excluding hydrogens is 266 g/mol. The van der Waals surface area contributed by atoms with E-state index in [1.54, 1.807) is 6.92 Å². The summed E-state index contributed by atoms with van der Waals surface area (Å²) >= 11 is 1.52. The third-order valence-electron chi connectivity index (χ3n) is 3.18. The molecule has 0 radical (unpaired) electrons. The van der Waals surface area contributed by atoms with Crippen molar-refractivity contribution in [2.75, 3.05) is 5.75 Å². The molecule has 1 saturated heterocycles. The number of aromatic amines is 1. The van der Waals surface area contributed by atoms with Gasteiger partial charge in [0, 0.05) is 11.4 Å². The highest BCUT2D eigenvalue weighted by Crippen LogP contribution is 2.35. The first-order chi connectivity index (χ1) is 8.93. The van der Waals surface area contributed by atoms with Crippen LogP contribution >= 0.6 is 11.8 Å². The van der Waals surface area contributed by atoms with Crippen molar-refractivity contribution in [3.63, 3.8) is 0 Å². The summed E-state index contributed by atoms with van der Waals surface area (Å²) in [5.74, 6) is -0.584. The number of rotatable bonds is 3. The fourth-order valence-electron chi connectivity index (χ4n) is 2.19. The van der Waals surface area contributed by atoms with Gasteiger partial charge in [-0.2, -0.15) is 5.10 Å². The lowest BCUT2D eigenvalue weighted by molar-refractivity contribution is -0.141. The highest BCUT2D eigenvalue weighted by Gasteiger charge is 2.43. The Morgan fingerprint density at radius 2 is 2.26 bits per heavy atom. The second kappa shape index (κ2) is 5.24.